The van der Waals surface area contributed by atoms with Gasteiger partial charge in [0.2, 0.25) is 10.0 Å². The van der Waals surface area contributed by atoms with E-state index in [1.165, 1.54) is 11.1 Å². The summed E-state index contributed by atoms with van der Waals surface area (Å²) in [5.41, 5.74) is 2.95. The summed E-state index contributed by atoms with van der Waals surface area (Å²) in [4.78, 5) is 18.5. The zero-order chi connectivity index (χ0) is 35.1. The third kappa shape index (κ3) is 7.07. The summed E-state index contributed by atoms with van der Waals surface area (Å²) < 4.78 is 49.1. The number of carbonyl (C=O) groups excluding carboxylic acids is 1. The zero-order valence-electron chi connectivity index (χ0n) is 29.7. The first-order chi connectivity index (χ1) is 24.0. The van der Waals surface area contributed by atoms with Crippen LogP contribution in [-0.4, -0.2) is 89.7 Å². The van der Waals surface area contributed by atoms with Crippen LogP contribution in [0.2, 0.25) is 5.02 Å². The normalized spacial score (nSPS) is 33.6. The van der Waals surface area contributed by atoms with E-state index in [1.54, 1.807) is 13.2 Å². The molecular formula is C39H52ClN3O6S. The van der Waals surface area contributed by atoms with Gasteiger partial charge < -0.3 is 19.1 Å². The van der Waals surface area contributed by atoms with E-state index in [-0.39, 0.29) is 11.3 Å². The summed E-state index contributed by atoms with van der Waals surface area (Å²) >= 11 is 6.46. The summed E-state index contributed by atoms with van der Waals surface area (Å²) in [5, 5.41) is -0.00585. The Morgan fingerprint density at radius 3 is 2.70 bits per heavy atom. The van der Waals surface area contributed by atoms with Crippen LogP contribution in [0.25, 0.3) is 0 Å². The molecule has 5 aliphatic rings. The molecule has 1 saturated carbocycles. The number of hydrogen-bond acceptors (Lipinski definition) is 8. The lowest BCUT2D eigenvalue weighted by Crippen LogP contribution is -2.52. The Morgan fingerprint density at radius 2 is 1.94 bits per heavy atom. The third-order valence-corrected chi connectivity index (χ3v) is 14.6. The van der Waals surface area contributed by atoms with Crippen LogP contribution in [-0.2, 0) is 31.3 Å². The minimum Gasteiger partial charge on any atom is -0.490 e. The Hall–Kier alpha value is -2.63. The van der Waals surface area contributed by atoms with Crippen LogP contribution < -0.4 is 14.4 Å². The van der Waals surface area contributed by atoms with Gasteiger partial charge >= 0.3 is 0 Å². The largest absolute Gasteiger partial charge is 0.490 e. The highest BCUT2D eigenvalue weighted by molar-refractivity contribution is 7.90. The highest BCUT2D eigenvalue weighted by Gasteiger charge is 2.47. The van der Waals surface area contributed by atoms with Gasteiger partial charge in [0.05, 0.1) is 36.4 Å². The van der Waals surface area contributed by atoms with Crippen molar-refractivity contribution in [1.82, 2.24) is 9.62 Å². The molecule has 1 N–H and O–H groups in total. The van der Waals surface area contributed by atoms with Crippen molar-refractivity contribution < 1.29 is 27.4 Å². The lowest BCUT2D eigenvalue weighted by Gasteiger charge is -2.49. The van der Waals surface area contributed by atoms with E-state index in [0.29, 0.717) is 62.4 Å². The van der Waals surface area contributed by atoms with E-state index >= 15 is 0 Å². The molecule has 6 atom stereocenters. The molecule has 1 saturated heterocycles. The molecule has 1 spiro atoms. The molecule has 7 rings (SSSR count). The number of amides is 1. The van der Waals surface area contributed by atoms with E-state index in [2.05, 4.69) is 45.7 Å². The van der Waals surface area contributed by atoms with Gasteiger partial charge in [-0.25, -0.2) is 13.1 Å². The highest BCUT2D eigenvalue weighted by Crippen LogP contribution is 2.49. The molecule has 1 amide bonds. The van der Waals surface area contributed by atoms with E-state index in [9.17, 15) is 13.2 Å². The van der Waals surface area contributed by atoms with Gasteiger partial charge in [-0.05, 0) is 118 Å². The van der Waals surface area contributed by atoms with Gasteiger partial charge in [-0.15, -0.1) is 0 Å². The predicted octanol–water partition coefficient (Wildman–Crippen LogP) is 5.99. The molecule has 11 heteroatoms. The molecule has 272 valence electrons. The minimum atomic E-state index is -4.02. The second-order valence-corrected chi connectivity index (χ2v) is 17.8. The van der Waals surface area contributed by atoms with Gasteiger partial charge in [0, 0.05) is 49.3 Å². The van der Waals surface area contributed by atoms with Gasteiger partial charge in [0.25, 0.3) is 5.91 Å². The van der Waals surface area contributed by atoms with Gasteiger partial charge in [-0.1, -0.05) is 36.7 Å². The fraction of sp³-hybridized carbons (Fsp3) is 0.615. The molecule has 50 heavy (non-hydrogen) atoms. The van der Waals surface area contributed by atoms with Crippen LogP contribution in [0, 0.1) is 17.8 Å². The second kappa shape index (κ2) is 14.4. The number of ether oxygens (including phenoxy) is 3. The Morgan fingerprint density at radius 1 is 1.12 bits per heavy atom. The minimum absolute atomic E-state index is 0.218. The summed E-state index contributed by atoms with van der Waals surface area (Å²) in [7, 11) is -2.24. The van der Waals surface area contributed by atoms with Crippen molar-refractivity contribution in [3.63, 3.8) is 0 Å². The number of methoxy groups -OCH3 is 1. The highest BCUT2D eigenvalue weighted by atomic mass is 35.5. The molecule has 2 aliphatic carbocycles. The average Bonchev–Trinajstić information content (AvgIpc) is 3.23. The fourth-order valence-electron chi connectivity index (χ4n) is 9.24. The van der Waals surface area contributed by atoms with Crippen molar-refractivity contribution >= 4 is 33.2 Å². The first kappa shape index (κ1) is 35.8. The van der Waals surface area contributed by atoms with E-state index in [4.69, 9.17) is 25.8 Å². The smallest absolute Gasteiger partial charge is 0.264 e. The standard InChI is InChI=1S/C39H52ClN3O6S/c1-27-6-4-15-38(2,47-3)32-11-8-30(32)24-43-25-39(16-5-7-28-22-31(40)10-12-33(28)39)26-49-35-13-9-29(23-34(35)43)37(44)41-50(45,46)36(27)14-17-42-18-20-48-21-19-42/h4,9-10,12-13,15,22-23,27,30,32,36H,5-8,11,14,16-21,24-26H2,1-3H3,(H,41,44)/b15-4+/t27-,30-,32+,36+,38+,39-/m0/s1. The number of morpholine rings is 1. The number of halogens is 1. The molecule has 3 heterocycles. The molecule has 0 aromatic heterocycles. The second-order valence-electron chi connectivity index (χ2n) is 15.5. The topological polar surface area (TPSA) is 97.4 Å². The Labute approximate surface area is 302 Å². The molecule has 2 fully saturated rings. The quantitative estimate of drug-likeness (QED) is 0.384. The van der Waals surface area contributed by atoms with Crippen LogP contribution in [0.4, 0.5) is 5.69 Å². The number of nitrogens with one attached hydrogen (secondary N) is 1. The number of rotatable bonds is 4. The molecule has 2 aromatic rings. The number of fused-ring (bicyclic) bond motifs is 4. The monoisotopic (exact) mass is 725 g/mol. The summed E-state index contributed by atoms with van der Waals surface area (Å²) in [6.07, 6.45) is 10.4. The molecular weight excluding hydrogens is 674 g/mol. The first-order valence-electron chi connectivity index (χ1n) is 18.4. The Bertz CT molecular complexity index is 1710. The van der Waals surface area contributed by atoms with Gasteiger partial charge in [-0.2, -0.15) is 0 Å². The predicted molar refractivity (Wildman–Crippen MR) is 197 cm³/mol. The van der Waals surface area contributed by atoms with Crippen LogP contribution in [0.3, 0.4) is 0 Å². The van der Waals surface area contributed by atoms with Crippen LogP contribution >= 0.6 is 11.6 Å². The van der Waals surface area contributed by atoms with Crippen molar-refractivity contribution in [3.8, 4) is 5.75 Å². The number of aryl methyl sites for hydroxylation is 1. The van der Waals surface area contributed by atoms with Crippen molar-refractivity contribution in [3.05, 3.63) is 70.3 Å². The lowest BCUT2D eigenvalue weighted by atomic mass is 9.64. The summed E-state index contributed by atoms with van der Waals surface area (Å²) in [6, 6.07) is 11.6. The number of allylic oxidation sites excluding steroid dienone is 1. The van der Waals surface area contributed by atoms with Crippen molar-refractivity contribution in [1.29, 1.82) is 0 Å². The third-order valence-electron chi connectivity index (χ3n) is 12.4. The number of hydrogen-bond donors (Lipinski definition) is 1. The Kier molecular flexibility index (Phi) is 10.3. The molecule has 0 unspecified atom stereocenters. The fourth-order valence-corrected chi connectivity index (χ4v) is 11.1. The maximum atomic E-state index is 14.1. The molecule has 0 radical (unpaired) electrons. The number of anilines is 1. The van der Waals surface area contributed by atoms with Gasteiger partial charge in [0.15, 0.2) is 0 Å². The van der Waals surface area contributed by atoms with E-state index < -0.39 is 26.8 Å². The van der Waals surface area contributed by atoms with Crippen LogP contribution in [0.15, 0.2) is 48.6 Å². The maximum absolute atomic E-state index is 14.1. The Balaban J connectivity index is 1.26. The van der Waals surface area contributed by atoms with Crippen molar-refractivity contribution in [2.75, 3.05) is 64.6 Å². The molecule has 9 nitrogen and oxygen atoms in total. The zero-order valence-corrected chi connectivity index (χ0v) is 31.2. The molecule has 2 bridgehead atoms. The number of sulfonamides is 1. The van der Waals surface area contributed by atoms with Gasteiger partial charge in [-0.3, -0.25) is 9.69 Å². The molecule has 3 aliphatic heterocycles. The lowest BCUT2D eigenvalue weighted by molar-refractivity contribution is -0.0622. The van der Waals surface area contributed by atoms with E-state index in [0.717, 1.165) is 69.0 Å². The van der Waals surface area contributed by atoms with Crippen LogP contribution in [0.1, 0.15) is 73.9 Å². The molecule has 2 aromatic carbocycles. The van der Waals surface area contributed by atoms with Gasteiger partial charge in [0.1, 0.15) is 5.75 Å². The summed E-state index contributed by atoms with van der Waals surface area (Å²) in [5.74, 6) is 0.546. The van der Waals surface area contributed by atoms with Crippen LogP contribution in [0.5, 0.6) is 5.75 Å². The van der Waals surface area contributed by atoms with Crippen molar-refractivity contribution in [2.24, 2.45) is 17.8 Å². The average molecular weight is 726 g/mol. The maximum Gasteiger partial charge on any atom is 0.264 e. The first-order valence-corrected chi connectivity index (χ1v) is 20.3. The number of nitrogens with zero attached hydrogens (tertiary/aromatic N) is 2. The summed E-state index contributed by atoms with van der Waals surface area (Å²) in [6.45, 7) is 9.62. The van der Waals surface area contributed by atoms with Crippen molar-refractivity contribution in [2.45, 2.75) is 75.1 Å². The van der Waals surface area contributed by atoms with E-state index in [1.807, 2.05) is 25.1 Å². The number of benzene rings is 2. The SMILES string of the molecule is CO[C@]1(C)/C=C/C[C@H](C)[C@@H](CCN2CCOCC2)S(=O)(=O)NC(=O)c2ccc3c(c2)N(C[C@@H]2CC[C@H]21)C[C@@]1(CCCc2cc(Cl)ccc21)CO3. The number of carbonyl (C=O) groups is 1.